The fraction of sp³-hybridized carbons (Fsp3) is 1.00. The van der Waals surface area contributed by atoms with Crippen LogP contribution in [0.2, 0.25) is 13.1 Å². The van der Waals surface area contributed by atoms with E-state index in [9.17, 15) is 0 Å². The Morgan fingerprint density at radius 1 is 1.00 bits per heavy atom. The van der Waals surface area contributed by atoms with E-state index in [2.05, 4.69) is 13.1 Å². The number of unbranched alkanes of at least 4 members (excludes halogenated alkanes) is 1. The average molecular weight is 230 g/mol. The van der Waals surface area contributed by atoms with Crippen molar-refractivity contribution in [2.24, 2.45) is 0 Å². The molecule has 0 N–H and O–H groups in total. The molecule has 0 aromatic carbocycles. The van der Waals surface area contributed by atoms with E-state index < -0.39 is 9.04 Å². The van der Waals surface area contributed by atoms with Gasteiger partial charge in [0.1, 0.15) is 0 Å². The molecule has 0 unspecified atom stereocenters. The van der Waals surface area contributed by atoms with Crippen LogP contribution in [0.15, 0.2) is 0 Å². The molecule has 0 bridgehead atoms. The Morgan fingerprint density at radius 2 is 1.67 bits per heavy atom. The van der Waals surface area contributed by atoms with Gasteiger partial charge in [0.2, 0.25) is 0 Å². The van der Waals surface area contributed by atoms with Crippen molar-refractivity contribution in [3.63, 3.8) is 0 Å². The largest absolute Gasteiger partial charge is 0.421 e. The Labute approximate surface area is 96.1 Å². The Bertz CT molecular complexity index is 145. The molecule has 0 atom stereocenters. The molecular weight excluding hydrogens is 204 g/mol. The standard InChI is InChI=1S/C12H26O2Si/c1-15(2)14-11-7-6-10-13-12-8-4-3-5-9-12/h12,15H,3-11H2,1-2H3. The second-order valence-electron chi connectivity index (χ2n) is 4.76. The van der Waals surface area contributed by atoms with E-state index in [4.69, 9.17) is 9.16 Å². The smallest absolute Gasteiger partial charge is 0.170 e. The van der Waals surface area contributed by atoms with Crippen LogP contribution in [0, 0.1) is 0 Å². The van der Waals surface area contributed by atoms with Crippen LogP contribution in [0.1, 0.15) is 44.9 Å². The van der Waals surface area contributed by atoms with E-state index in [1.54, 1.807) is 0 Å². The van der Waals surface area contributed by atoms with Crippen LogP contribution in [0.3, 0.4) is 0 Å². The number of hydrogen-bond acceptors (Lipinski definition) is 2. The highest BCUT2D eigenvalue weighted by molar-refractivity contribution is 6.48. The average Bonchev–Trinajstić information content (AvgIpc) is 2.24. The lowest BCUT2D eigenvalue weighted by molar-refractivity contribution is 0.0252. The highest BCUT2D eigenvalue weighted by Crippen LogP contribution is 2.20. The summed E-state index contributed by atoms with van der Waals surface area (Å²) >= 11 is 0. The molecule has 0 aromatic heterocycles. The molecule has 0 saturated heterocycles. The van der Waals surface area contributed by atoms with Crippen LogP contribution in [0.25, 0.3) is 0 Å². The summed E-state index contributed by atoms with van der Waals surface area (Å²) in [6.07, 6.45) is 9.62. The summed E-state index contributed by atoms with van der Waals surface area (Å²) in [5.41, 5.74) is 0. The minimum atomic E-state index is -0.791. The predicted octanol–water partition coefficient (Wildman–Crippen LogP) is 3.12. The molecule has 0 heterocycles. The van der Waals surface area contributed by atoms with Crippen LogP contribution < -0.4 is 0 Å². The van der Waals surface area contributed by atoms with Gasteiger partial charge in [0, 0.05) is 13.2 Å². The normalized spacial score (nSPS) is 18.6. The van der Waals surface area contributed by atoms with E-state index >= 15 is 0 Å². The lowest BCUT2D eigenvalue weighted by Gasteiger charge is -2.21. The summed E-state index contributed by atoms with van der Waals surface area (Å²) < 4.78 is 11.5. The molecule has 0 radical (unpaired) electrons. The molecule has 1 aliphatic carbocycles. The highest BCUT2D eigenvalue weighted by atomic mass is 28.3. The quantitative estimate of drug-likeness (QED) is 0.494. The van der Waals surface area contributed by atoms with E-state index in [-0.39, 0.29) is 0 Å². The zero-order valence-electron chi connectivity index (χ0n) is 10.3. The monoisotopic (exact) mass is 230 g/mol. The maximum Gasteiger partial charge on any atom is 0.170 e. The topological polar surface area (TPSA) is 18.5 Å². The fourth-order valence-electron chi connectivity index (χ4n) is 2.00. The second kappa shape index (κ2) is 8.31. The van der Waals surface area contributed by atoms with Gasteiger partial charge in [-0.15, -0.1) is 0 Å². The number of hydrogen-bond donors (Lipinski definition) is 0. The van der Waals surface area contributed by atoms with Crippen molar-refractivity contribution in [2.75, 3.05) is 13.2 Å². The third-order valence-electron chi connectivity index (χ3n) is 2.90. The summed E-state index contributed by atoms with van der Waals surface area (Å²) in [6.45, 7) is 6.32. The number of ether oxygens (including phenoxy) is 1. The van der Waals surface area contributed by atoms with Gasteiger partial charge in [0.25, 0.3) is 0 Å². The first kappa shape index (κ1) is 13.2. The van der Waals surface area contributed by atoms with Crippen molar-refractivity contribution in [2.45, 2.75) is 64.1 Å². The van der Waals surface area contributed by atoms with Crippen molar-refractivity contribution in [3.05, 3.63) is 0 Å². The van der Waals surface area contributed by atoms with E-state index in [1.165, 1.54) is 32.1 Å². The summed E-state index contributed by atoms with van der Waals surface area (Å²) in [6, 6.07) is 0. The molecule has 0 spiro atoms. The SMILES string of the molecule is C[SiH](C)OCCCCOC1CCCCC1. The maximum absolute atomic E-state index is 5.85. The zero-order chi connectivity index (χ0) is 10.9. The van der Waals surface area contributed by atoms with Gasteiger partial charge < -0.3 is 9.16 Å². The first-order valence-electron chi connectivity index (χ1n) is 6.52. The third-order valence-corrected chi connectivity index (χ3v) is 3.80. The molecule has 0 amide bonds. The van der Waals surface area contributed by atoms with Gasteiger partial charge in [-0.2, -0.15) is 0 Å². The summed E-state index contributed by atoms with van der Waals surface area (Å²) in [5.74, 6) is 0. The Balaban J connectivity index is 1.83. The van der Waals surface area contributed by atoms with E-state index in [1.807, 2.05) is 0 Å². The molecule has 15 heavy (non-hydrogen) atoms. The summed E-state index contributed by atoms with van der Waals surface area (Å²) in [7, 11) is -0.791. The molecule has 1 saturated carbocycles. The number of rotatable bonds is 7. The Hall–Kier alpha value is 0.137. The molecule has 90 valence electrons. The van der Waals surface area contributed by atoms with Crippen molar-refractivity contribution >= 4 is 9.04 Å². The van der Waals surface area contributed by atoms with Gasteiger partial charge in [-0.3, -0.25) is 0 Å². The molecule has 1 rings (SSSR count). The highest BCUT2D eigenvalue weighted by Gasteiger charge is 2.12. The van der Waals surface area contributed by atoms with E-state index in [0.717, 1.165) is 26.1 Å². The lowest BCUT2D eigenvalue weighted by atomic mass is 9.98. The van der Waals surface area contributed by atoms with Gasteiger partial charge in [-0.25, -0.2) is 0 Å². The summed E-state index contributed by atoms with van der Waals surface area (Å²) in [5, 5.41) is 0. The van der Waals surface area contributed by atoms with Gasteiger partial charge in [-0.1, -0.05) is 19.3 Å². The van der Waals surface area contributed by atoms with Crippen molar-refractivity contribution in [1.29, 1.82) is 0 Å². The van der Waals surface area contributed by atoms with Gasteiger partial charge in [0.15, 0.2) is 9.04 Å². The zero-order valence-corrected chi connectivity index (χ0v) is 11.5. The molecular formula is C12H26O2Si. The fourth-order valence-corrected chi connectivity index (χ4v) is 2.64. The third kappa shape index (κ3) is 7.09. The minimum Gasteiger partial charge on any atom is -0.421 e. The first-order chi connectivity index (χ1) is 7.29. The minimum absolute atomic E-state index is 0.569. The second-order valence-corrected chi connectivity index (χ2v) is 7.19. The van der Waals surface area contributed by atoms with Crippen LogP contribution in [0.5, 0.6) is 0 Å². The van der Waals surface area contributed by atoms with Gasteiger partial charge in [0.05, 0.1) is 6.10 Å². The predicted molar refractivity (Wildman–Crippen MR) is 66.9 cm³/mol. The molecule has 2 nitrogen and oxygen atoms in total. The Kier molecular flexibility index (Phi) is 7.31. The van der Waals surface area contributed by atoms with Gasteiger partial charge in [-0.05, 0) is 38.8 Å². The maximum atomic E-state index is 5.85. The van der Waals surface area contributed by atoms with Crippen LogP contribution in [-0.2, 0) is 9.16 Å². The van der Waals surface area contributed by atoms with Gasteiger partial charge >= 0.3 is 0 Å². The summed E-state index contributed by atoms with van der Waals surface area (Å²) in [4.78, 5) is 0. The first-order valence-corrected chi connectivity index (χ1v) is 9.30. The molecule has 0 aliphatic heterocycles. The van der Waals surface area contributed by atoms with Crippen molar-refractivity contribution in [1.82, 2.24) is 0 Å². The molecule has 0 aromatic rings. The van der Waals surface area contributed by atoms with Crippen molar-refractivity contribution < 1.29 is 9.16 Å². The van der Waals surface area contributed by atoms with Crippen LogP contribution >= 0.6 is 0 Å². The molecule has 1 aliphatic rings. The molecule has 1 fully saturated rings. The molecule has 3 heteroatoms. The Morgan fingerprint density at radius 3 is 2.33 bits per heavy atom. The van der Waals surface area contributed by atoms with Crippen LogP contribution in [-0.4, -0.2) is 28.4 Å². The van der Waals surface area contributed by atoms with Crippen molar-refractivity contribution in [3.8, 4) is 0 Å². The van der Waals surface area contributed by atoms with Crippen LogP contribution in [0.4, 0.5) is 0 Å². The lowest BCUT2D eigenvalue weighted by Crippen LogP contribution is -2.17. The van der Waals surface area contributed by atoms with E-state index in [0.29, 0.717) is 6.10 Å².